The summed E-state index contributed by atoms with van der Waals surface area (Å²) in [6, 6.07) is 6.07. The van der Waals surface area contributed by atoms with Crippen molar-refractivity contribution in [3.05, 3.63) is 47.2 Å². The number of nitrogens with zero attached hydrogens (tertiary/aromatic N) is 4. The van der Waals surface area contributed by atoms with Gasteiger partial charge in [-0.3, -0.25) is 14.5 Å². The molecular weight excluding hydrogens is 382 g/mol. The second-order valence-electron chi connectivity index (χ2n) is 7.28. The second kappa shape index (κ2) is 7.54. The molecule has 2 fully saturated rings. The van der Waals surface area contributed by atoms with Gasteiger partial charge in [0, 0.05) is 43.0 Å². The van der Waals surface area contributed by atoms with E-state index in [4.69, 9.17) is 11.6 Å². The summed E-state index contributed by atoms with van der Waals surface area (Å²) in [6.07, 6.45) is 2.82. The molecule has 0 radical (unpaired) electrons. The van der Waals surface area contributed by atoms with Crippen molar-refractivity contribution in [3.8, 4) is 5.69 Å². The summed E-state index contributed by atoms with van der Waals surface area (Å²) in [6.45, 7) is 3.71. The first-order valence-corrected chi connectivity index (χ1v) is 9.61. The van der Waals surface area contributed by atoms with Gasteiger partial charge in [-0.25, -0.2) is 4.68 Å². The highest BCUT2D eigenvalue weighted by molar-refractivity contribution is 6.30. The van der Waals surface area contributed by atoms with Crippen molar-refractivity contribution in [2.75, 3.05) is 19.6 Å². The lowest BCUT2D eigenvalue weighted by Gasteiger charge is -2.45. The number of aromatic nitrogens is 2. The molecular formula is C19H22ClN5O3. The van der Waals surface area contributed by atoms with Crippen LogP contribution in [0.25, 0.3) is 5.69 Å². The van der Waals surface area contributed by atoms with Crippen molar-refractivity contribution >= 4 is 23.4 Å². The van der Waals surface area contributed by atoms with Gasteiger partial charge < -0.3 is 15.3 Å². The first-order chi connectivity index (χ1) is 13.4. The molecule has 1 aromatic heterocycles. The predicted octanol–water partition coefficient (Wildman–Crippen LogP) is 0.418. The molecule has 0 spiro atoms. The summed E-state index contributed by atoms with van der Waals surface area (Å²) in [5.74, 6) is -0.433. The summed E-state index contributed by atoms with van der Waals surface area (Å²) >= 11 is 6.04. The van der Waals surface area contributed by atoms with Gasteiger partial charge in [0.05, 0.1) is 18.0 Å². The monoisotopic (exact) mass is 403 g/mol. The first kappa shape index (κ1) is 18.9. The number of carbonyl (C=O) groups excluding carboxylic acids is 2. The zero-order valence-electron chi connectivity index (χ0n) is 15.5. The molecule has 28 heavy (non-hydrogen) atoms. The maximum Gasteiger partial charge on any atom is 0.248 e. The molecule has 4 rings (SSSR count). The van der Waals surface area contributed by atoms with Crippen LogP contribution < -0.4 is 5.32 Å². The fourth-order valence-electron chi connectivity index (χ4n) is 3.75. The molecule has 0 bridgehead atoms. The minimum Gasteiger partial charge on any atom is -0.391 e. The van der Waals surface area contributed by atoms with Gasteiger partial charge in [-0.1, -0.05) is 17.7 Å². The Labute approximate surface area is 167 Å². The average Bonchev–Trinajstić information content (AvgIpc) is 3.13. The molecule has 2 aliphatic rings. The minimum absolute atomic E-state index is 0.215. The number of hydrogen-bond acceptors (Lipinski definition) is 5. The van der Waals surface area contributed by atoms with Gasteiger partial charge in [0.2, 0.25) is 11.8 Å². The van der Waals surface area contributed by atoms with Crippen LogP contribution in [0.3, 0.4) is 0 Å². The van der Waals surface area contributed by atoms with Crippen molar-refractivity contribution in [1.82, 2.24) is 24.9 Å². The molecule has 3 heterocycles. The van der Waals surface area contributed by atoms with E-state index in [0.29, 0.717) is 31.2 Å². The molecule has 0 saturated carbocycles. The van der Waals surface area contributed by atoms with E-state index in [-0.39, 0.29) is 11.8 Å². The Morgan fingerprint density at radius 2 is 2.18 bits per heavy atom. The number of halogens is 1. The Kier molecular flexibility index (Phi) is 5.09. The fourth-order valence-corrected chi connectivity index (χ4v) is 3.93. The van der Waals surface area contributed by atoms with Crippen molar-refractivity contribution in [2.24, 2.45) is 0 Å². The van der Waals surface area contributed by atoms with Crippen LogP contribution in [-0.4, -0.2) is 74.3 Å². The summed E-state index contributed by atoms with van der Waals surface area (Å²) in [5, 5.41) is 17.4. The third-order valence-corrected chi connectivity index (χ3v) is 5.45. The highest BCUT2D eigenvalue weighted by atomic mass is 35.5. The van der Waals surface area contributed by atoms with Gasteiger partial charge in [0.1, 0.15) is 12.1 Å². The highest BCUT2D eigenvalue weighted by Crippen LogP contribution is 2.20. The van der Waals surface area contributed by atoms with E-state index in [1.807, 2.05) is 30.5 Å². The van der Waals surface area contributed by atoms with E-state index in [9.17, 15) is 14.7 Å². The minimum atomic E-state index is -0.909. The van der Waals surface area contributed by atoms with E-state index >= 15 is 0 Å². The van der Waals surface area contributed by atoms with Crippen LogP contribution in [0.2, 0.25) is 5.02 Å². The number of benzene rings is 1. The molecule has 3 atom stereocenters. The molecule has 8 nitrogen and oxygen atoms in total. The number of aliphatic hydroxyl groups excluding tert-OH is 1. The number of hydrogen-bond donors (Lipinski definition) is 2. The smallest absolute Gasteiger partial charge is 0.248 e. The number of nitrogens with one attached hydrogen (secondary N) is 1. The Morgan fingerprint density at radius 1 is 1.36 bits per heavy atom. The molecule has 2 amide bonds. The quantitative estimate of drug-likeness (QED) is 0.772. The van der Waals surface area contributed by atoms with Crippen LogP contribution in [0.4, 0.5) is 0 Å². The van der Waals surface area contributed by atoms with Crippen molar-refractivity contribution in [3.63, 3.8) is 0 Å². The summed E-state index contributed by atoms with van der Waals surface area (Å²) in [4.78, 5) is 28.7. The molecule has 0 unspecified atom stereocenters. The van der Waals surface area contributed by atoms with Crippen LogP contribution >= 0.6 is 11.6 Å². The van der Waals surface area contributed by atoms with Gasteiger partial charge in [-0.15, -0.1) is 0 Å². The lowest BCUT2D eigenvalue weighted by Crippen LogP contribution is -2.70. The summed E-state index contributed by atoms with van der Waals surface area (Å²) in [5.41, 5.74) is 1.89. The zero-order chi connectivity index (χ0) is 19.8. The second-order valence-corrected chi connectivity index (χ2v) is 7.72. The molecule has 1 aromatic carbocycles. The van der Waals surface area contributed by atoms with Crippen LogP contribution in [0.5, 0.6) is 0 Å². The molecule has 148 valence electrons. The number of fused-ring (bicyclic) bond motifs is 1. The molecule has 2 saturated heterocycles. The molecule has 2 aliphatic heterocycles. The molecule has 2 N–H and O–H groups in total. The van der Waals surface area contributed by atoms with Crippen molar-refractivity contribution in [2.45, 2.75) is 31.7 Å². The van der Waals surface area contributed by atoms with Gasteiger partial charge in [-0.2, -0.15) is 5.10 Å². The van der Waals surface area contributed by atoms with Crippen LogP contribution in [0.15, 0.2) is 36.7 Å². The number of rotatable bonds is 4. The van der Waals surface area contributed by atoms with Gasteiger partial charge in [-0.05, 0) is 25.1 Å². The third kappa shape index (κ3) is 3.63. The highest BCUT2D eigenvalue weighted by Gasteiger charge is 2.44. The maximum atomic E-state index is 12.5. The van der Waals surface area contributed by atoms with Gasteiger partial charge in [0.15, 0.2) is 0 Å². The Balaban J connectivity index is 1.43. The Bertz CT molecular complexity index is 899. The summed E-state index contributed by atoms with van der Waals surface area (Å²) in [7, 11) is 0. The van der Waals surface area contributed by atoms with E-state index in [2.05, 4.69) is 15.3 Å². The van der Waals surface area contributed by atoms with E-state index in [1.165, 1.54) is 6.92 Å². The molecule has 2 aromatic rings. The first-order valence-electron chi connectivity index (χ1n) is 9.23. The maximum absolute atomic E-state index is 12.5. The largest absolute Gasteiger partial charge is 0.391 e. The van der Waals surface area contributed by atoms with E-state index in [1.54, 1.807) is 15.8 Å². The van der Waals surface area contributed by atoms with Crippen molar-refractivity contribution < 1.29 is 14.7 Å². The standard InChI is InChI=1S/C19H22ClN5O3/c1-12(26)17-19(28)24-6-5-23(11-16(24)18(27)22-17)9-13-8-21-25(10-13)15-4-2-3-14(20)7-15/h2-4,7-8,10,12,16-17,26H,5-6,9,11H2,1H3,(H,22,27)/t12-,16+,17+/m0/s1. The van der Waals surface area contributed by atoms with Gasteiger partial charge >= 0.3 is 0 Å². The Hall–Kier alpha value is -2.42. The summed E-state index contributed by atoms with van der Waals surface area (Å²) < 4.78 is 1.77. The van der Waals surface area contributed by atoms with Crippen LogP contribution in [0, 0.1) is 0 Å². The number of aliphatic hydroxyl groups is 1. The molecule has 0 aliphatic carbocycles. The van der Waals surface area contributed by atoms with Crippen LogP contribution in [0.1, 0.15) is 12.5 Å². The SMILES string of the molecule is C[C@H](O)[C@H]1NC(=O)[C@H]2CN(Cc3cnn(-c4cccc(Cl)c4)c3)CCN2C1=O. The predicted molar refractivity (Wildman–Crippen MR) is 103 cm³/mol. The number of carbonyl (C=O) groups is 2. The van der Waals surface area contributed by atoms with E-state index in [0.717, 1.165) is 11.3 Å². The normalized spacial score (nSPS) is 24.0. The average molecular weight is 404 g/mol. The van der Waals surface area contributed by atoms with Gasteiger partial charge in [0.25, 0.3) is 0 Å². The number of piperazine rings is 2. The lowest BCUT2D eigenvalue weighted by molar-refractivity contribution is -0.156. The molecule has 9 heteroatoms. The van der Waals surface area contributed by atoms with Crippen LogP contribution in [-0.2, 0) is 16.1 Å². The fraction of sp³-hybridized carbons (Fsp3) is 0.421. The Morgan fingerprint density at radius 3 is 2.93 bits per heavy atom. The topological polar surface area (TPSA) is 90.7 Å². The van der Waals surface area contributed by atoms with E-state index < -0.39 is 18.2 Å². The lowest BCUT2D eigenvalue weighted by atomic mass is 10.0. The number of amides is 2. The zero-order valence-corrected chi connectivity index (χ0v) is 16.2. The van der Waals surface area contributed by atoms with Crippen molar-refractivity contribution in [1.29, 1.82) is 0 Å². The third-order valence-electron chi connectivity index (χ3n) is 5.21.